The molecule has 14 heavy (non-hydrogen) atoms. The predicted octanol–water partition coefficient (Wildman–Crippen LogP) is 2.19. The molecule has 0 radical (unpaired) electrons. The Bertz CT molecular complexity index is 404. The molecule has 0 heterocycles. The molecule has 0 unspecified atom stereocenters. The molecule has 0 spiro atoms. The van der Waals surface area contributed by atoms with Crippen molar-refractivity contribution in [1.82, 2.24) is 0 Å². The minimum absolute atomic E-state index is 0.223. The molecule has 0 atom stereocenters. The highest BCUT2D eigenvalue weighted by atomic mass is 35.5. The van der Waals surface area contributed by atoms with Crippen molar-refractivity contribution in [2.75, 3.05) is 0 Å². The molecule has 72 valence electrons. The molecule has 0 aromatic heterocycles. The lowest BCUT2D eigenvalue weighted by molar-refractivity contribution is -0.111. The molecule has 1 aromatic rings. The van der Waals surface area contributed by atoms with Crippen LogP contribution in [0.3, 0.4) is 0 Å². The van der Waals surface area contributed by atoms with Gasteiger partial charge in [0.1, 0.15) is 0 Å². The topological polar surface area (TPSA) is 17.1 Å². The van der Waals surface area contributed by atoms with Crippen LogP contribution in [0.15, 0.2) is 6.07 Å². The summed E-state index contributed by atoms with van der Waals surface area (Å²) in [4.78, 5) is 11.0. The van der Waals surface area contributed by atoms with Gasteiger partial charge in [0.05, 0.1) is 0 Å². The average molecular weight is 207 g/mol. The minimum atomic E-state index is -0.223. The van der Waals surface area contributed by atoms with E-state index in [-0.39, 0.29) is 5.24 Å². The van der Waals surface area contributed by atoms with E-state index in [1.165, 1.54) is 40.7 Å². The largest absolute Gasteiger partial charge is 0.281 e. The maximum Gasteiger partial charge on any atom is 0.226 e. The Morgan fingerprint density at radius 3 is 2.07 bits per heavy atom. The zero-order valence-corrected chi connectivity index (χ0v) is 8.66. The summed E-state index contributed by atoms with van der Waals surface area (Å²) in [5.74, 6) is 0. The second-order valence-corrected chi connectivity index (χ2v) is 4.58. The molecule has 0 aliphatic heterocycles. The maximum atomic E-state index is 11.0. The second kappa shape index (κ2) is 2.83. The van der Waals surface area contributed by atoms with Crippen molar-refractivity contribution < 1.29 is 4.79 Å². The van der Waals surface area contributed by atoms with Crippen LogP contribution in [0.2, 0.25) is 0 Å². The summed E-state index contributed by atoms with van der Waals surface area (Å²) >= 11 is 5.47. The van der Waals surface area contributed by atoms with Crippen LogP contribution in [0.1, 0.15) is 27.8 Å². The predicted molar refractivity (Wildman–Crippen MR) is 55.8 cm³/mol. The fourth-order valence-corrected chi connectivity index (χ4v) is 2.68. The first-order valence-corrected chi connectivity index (χ1v) is 5.47. The van der Waals surface area contributed by atoms with E-state index in [9.17, 15) is 4.79 Å². The Hall–Kier alpha value is -0.820. The molecule has 0 amide bonds. The van der Waals surface area contributed by atoms with Gasteiger partial charge in [0.25, 0.3) is 0 Å². The molecular formula is C12H11ClO. The fourth-order valence-electron chi connectivity index (χ4n) is 2.54. The molecule has 1 nitrogen and oxygen atoms in total. The summed E-state index contributed by atoms with van der Waals surface area (Å²) in [5.41, 5.74) is 7.00. The van der Waals surface area contributed by atoms with Crippen molar-refractivity contribution >= 4 is 16.8 Å². The van der Waals surface area contributed by atoms with Gasteiger partial charge >= 0.3 is 0 Å². The van der Waals surface area contributed by atoms with E-state index in [0.717, 1.165) is 12.8 Å². The molecule has 0 saturated heterocycles. The van der Waals surface area contributed by atoms with Gasteiger partial charge in [-0.2, -0.15) is 0 Å². The van der Waals surface area contributed by atoms with E-state index in [1.54, 1.807) is 0 Å². The number of rotatable bonds is 2. The zero-order chi connectivity index (χ0) is 9.71. The van der Waals surface area contributed by atoms with E-state index >= 15 is 0 Å². The van der Waals surface area contributed by atoms with Crippen molar-refractivity contribution in [2.24, 2.45) is 0 Å². The van der Waals surface area contributed by atoms with Gasteiger partial charge in [0.2, 0.25) is 5.24 Å². The first-order valence-electron chi connectivity index (χ1n) is 5.09. The van der Waals surface area contributed by atoms with Crippen molar-refractivity contribution in [1.29, 1.82) is 0 Å². The van der Waals surface area contributed by atoms with Gasteiger partial charge < -0.3 is 0 Å². The van der Waals surface area contributed by atoms with E-state index in [4.69, 9.17) is 11.6 Å². The molecule has 1 aromatic carbocycles. The highest BCUT2D eigenvalue weighted by molar-refractivity contribution is 6.63. The Kier molecular flexibility index (Phi) is 1.72. The normalized spacial score (nSPS) is 16.4. The monoisotopic (exact) mass is 206 g/mol. The maximum absolute atomic E-state index is 11.0. The standard InChI is InChI=1S/C12H11ClO/c13-12(14)6-11-9-3-1-7(9)5-8-2-4-10(8)11/h5H,1-4,6H2. The zero-order valence-electron chi connectivity index (χ0n) is 7.90. The summed E-state index contributed by atoms with van der Waals surface area (Å²) in [6.07, 6.45) is 5.09. The summed E-state index contributed by atoms with van der Waals surface area (Å²) in [6, 6.07) is 2.32. The van der Waals surface area contributed by atoms with Crippen molar-refractivity contribution in [3.8, 4) is 0 Å². The first-order chi connectivity index (χ1) is 6.75. The van der Waals surface area contributed by atoms with E-state index in [0.29, 0.717) is 6.42 Å². The third-order valence-corrected chi connectivity index (χ3v) is 3.59. The lowest BCUT2D eigenvalue weighted by atomic mass is 9.73. The molecule has 0 saturated carbocycles. The summed E-state index contributed by atoms with van der Waals surface area (Å²) in [7, 11) is 0. The third kappa shape index (κ3) is 1.05. The van der Waals surface area contributed by atoms with E-state index in [1.807, 2.05) is 0 Å². The Balaban J connectivity index is 2.12. The van der Waals surface area contributed by atoms with Crippen molar-refractivity contribution in [3.05, 3.63) is 33.9 Å². The van der Waals surface area contributed by atoms with Gasteiger partial charge in [-0.3, -0.25) is 4.79 Å². The lowest BCUT2D eigenvalue weighted by Gasteiger charge is -2.31. The van der Waals surface area contributed by atoms with Crippen LogP contribution in [-0.2, 0) is 36.9 Å². The molecule has 0 bridgehead atoms. The Morgan fingerprint density at radius 2 is 1.71 bits per heavy atom. The summed E-state index contributed by atoms with van der Waals surface area (Å²) in [5, 5.41) is -0.223. The van der Waals surface area contributed by atoms with Crippen molar-refractivity contribution in [3.63, 3.8) is 0 Å². The number of aryl methyl sites for hydroxylation is 2. The van der Waals surface area contributed by atoms with Crippen LogP contribution < -0.4 is 0 Å². The number of hydrogen-bond acceptors (Lipinski definition) is 1. The second-order valence-electron chi connectivity index (χ2n) is 4.16. The summed E-state index contributed by atoms with van der Waals surface area (Å²) < 4.78 is 0. The average Bonchev–Trinajstić information content (AvgIpc) is 1.97. The van der Waals surface area contributed by atoms with Crippen LogP contribution in [0.25, 0.3) is 0 Å². The SMILES string of the molecule is O=C(Cl)Cc1c2c(cc3c1CC3)CC2. The molecular weight excluding hydrogens is 196 g/mol. The molecule has 3 rings (SSSR count). The van der Waals surface area contributed by atoms with Crippen LogP contribution in [0.5, 0.6) is 0 Å². The number of carbonyl (C=O) groups is 1. The van der Waals surface area contributed by atoms with E-state index < -0.39 is 0 Å². The molecule has 2 aliphatic carbocycles. The van der Waals surface area contributed by atoms with E-state index in [2.05, 4.69) is 6.07 Å². The number of halogens is 1. The Morgan fingerprint density at radius 1 is 1.14 bits per heavy atom. The first kappa shape index (κ1) is 8.49. The quantitative estimate of drug-likeness (QED) is 0.678. The molecule has 2 heteroatoms. The minimum Gasteiger partial charge on any atom is -0.281 e. The third-order valence-electron chi connectivity index (χ3n) is 3.46. The number of hydrogen-bond donors (Lipinski definition) is 0. The van der Waals surface area contributed by atoms with Gasteiger partial charge in [-0.15, -0.1) is 0 Å². The fraction of sp³-hybridized carbons (Fsp3) is 0.417. The molecule has 0 fully saturated rings. The van der Waals surface area contributed by atoms with Gasteiger partial charge in [0.15, 0.2) is 0 Å². The molecule has 0 N–H and O–H groups in total. The number of carbonyl (C=O) groups excluding carboxylic acids is 1. The van der Waals surface area contributed by atoms with Gasteiger partial charge in [-0.25, -0.2) is 0 Å². The van der Waals surface area contributed by atoms with Crippen LogP contribution in [0.4, 0.5) is 0 Å². The number of fused-ring (bicyclic) bond motifs is 2. The van der Waals surface area contributed by atoms with Gasteiger partial charge in [0, 0.05) is 6.42 Å². The highest BCUT2D eigenvalue weighted by Gasteiger charge is 2.27. The number of benzene rings is 1. The Labute approximate surface area is 88.1 Å². The lowest BCUT2D eigenvalue weighted by Crippen LogP contribution is -2.22. The molecule has 2 aliphatic rings. The summed E-state index contributed by atoms with van der Waals surface area (Å²) in [6.45, 7) is 0. The van der Waals surface area contributed by atoms with Gasteiger partial charge in [-0.05, 0) is 65.1 Å². The van der Waals surface area contributed by atoms with Crippen LogP contribution >= 0.6 is 11.6 Å². The highest BCUT2D eigenvalue weighted by Crippen LogP contribution is 2.37. The van der Waals surface area contributed by atoms with Gasteiger partial charge in [-0.1, -0.05) is 6.07 Å². The smallest absolute Gasteiger partial charge is 0.226 e. The van der Waals surface area contributed by atoms with Crippen LogP contribution in [-0.4, -0.2) is 5.24 Å². The van der Waals surface area contributed by atoms with Crippen molar-refractivity contribution in [2.45, 2.75) is 32.1 Å². The van der Waals surface area contributed by atoms with Crippen LogP contribution in [0, 0.1) is 0 Å².